The molecule has 1 rings (SSSR count). The molecule has 1 aromatic rings. The molecule has 114 valence electrons. The van der Waals surface area contributed by atoms with E-state index in [9.17, 15) is 31.5 Å². The molecule has 0 unspecified atom stereocenters. The van der Waals surface area contributed by atoms with E-state index in [4.69, 9.17) is 5.11 Å². The number of carboxylic acids is 1. The zero-order chi connectivity index (χ0) is 16.3. The maximum atomic E-state index is 12.7. The number of carbonyl (C=O) groups excluding carboxylic acids is 1. The van der Waals surface area contributed by atoms with Gasteiger partial charge in [0.2, 0.25) is 0 Å². The summed E-state index contributed by atoms with van der Waals surface area (Å²) >= 11 is 0. The Kier molecular flexibility index (Phi) is 4.66. The van der Waals surface area contributed by atoms with Crippen molar-refractivity contribution in [3.63, 3.8) is 0 Å². The van der Waals surface area contributed by atoms with Crippen molar-refractivity contribution in [3.8, 4) is 0 Å². The molecule has 0 aliphatic heterocycles. The minimum absolute atomic E-state index is 0.281. The van der Waals surface area contributed by atoms with Crippen LogP contribution in [0.3, 0.4) is 0 Å². The average molecular weight is 309 g/mol. The van der Waals surface area contributed by atoms with Gasteiger partial charge in [0, 0.05) is 11.8 Å². The van der Waals surface area contributed by atoms with Crippen molar-refractivity contribution in [3.05, 3.63) is 35.9 Å². The van der Waals surface area contributed by atoms with Crippen LogP contribution in [0.1, 0.15) is 5.56 Å². The van der Waals surface area contributed by atoms with E-state index in [0.717, 1.165) is 18.2 Å². The van der Waals surface area contributed by atoms with Gasteiger partial charge in [-0.3, -0.25) is 4.79 Å². The monoisotopic (exact) mass is 309 g/mol. The Balaban J connectivity index is 2.81. The van der Waals surface area contributed by atoms with Gasteiger partial charge in [0.05, 0.1) is 0 Å². The number of hydrogen-bond acceptors (Lipinski definition) is 2. The first-order chi connectivity index (χ1) is 9.54. The van der Waals surface area contributed by atoms with Crippen molar-refractivity contribution in [2.45, 2.75) is 12.1 Å². The number of carboxylic acid groups (broad SMARTS) is 1. The van der Waals surface area contributed by atoms with E-state index in [-0.39, 0.29) is 5.69 Å². The molecule has 0 saturated heterocycles. The SMILES string of the molecule is O=C(O)/C=C/c1ccc(NC(=O)C(F)(F)C(F)(F)F)cc1. The topological polar surface area (TPSA) is 66.4 Å². The molecule has 0 atom stereocenters. The molecule has 1 amide bonds. The summed E-state index contributed by atoms with van der Waals surface area (Å²) in [5.74, 6) is -9.21. The number of benzene rings is 1. The highest BCUT2D eigenvalue weighted by atomic mass is 19.4. The summed E-state index contributed by atoms with van der Waals surface area (Å²) in [4.78, 5) is 21.2. The number of carbonyl (C=O) groups is 2. The maximum absolute atomic E-state index is 12.7. The number of rotatable bonds is 4. The van der Waals surface area contributed by atoms with Gasteiger partial charge in [-0.15, -0.1) is 0 Å². The molecular formula is C12H8F5NO3. The Morgan fingerprint density at radius 2 is 1.57 bits per heavy atom. The van der Waals surface area contributed by atoms with Crippen molar-refractivity contribution in [1.29, 1.82) is 0 Å². The van der Waals surface area contributed by atoms with Crippen LogP contribution in [-0.2, 0) is 9.59 Å². The van der Waals surface area contributed by atoms with Crippen molar-refractivity contribution < 1.29 is 36.6 Å². The van der Waals surface area contributed by atoms with Crippen LogP contribution in [0, 0.1) is 0 Å². The number of halogens is 5. The molecule has 9 heteroatoms. The van der Waals surface area contributed by atoms with Gasteiger partial charge < -0.3 is 10.4 Å². The normalized spacial score (nSPS) is 12.4. The van der Waals surface area contributed by atoms with E-state index in [2.05, 4.69) is 0 Å². The fourth-order valence-corrected chi connectivity index (χ4v) is 1.18. The highest BCUT2D eigenvalue weighted by Gasteiger charge is 2.63. The van der Waals surface area contributed by atoms with Crippen LogP contribution >= 0.6 is 0 Å². The van der Waals surface area contributed by atoms with Crippen LogP contribution < -0.4 is 5.32 Å². The molecular weight excluding hydrogens is 301 g/mol. The first-order valence-corrected chi connectivity index (χ1v) is 5.31. The molecule has 0 aromatic heterocycles. The van der Waals surface area contributed by atoms with Gasteiger partial charge in [0.1, 0.15) is 0 Å². The second-order valence-corrected chi connectivity index (χ2v) is 3.82. The van der Waals surface area contributed by atoms with E-state index < -0.39 is 24.0 Å². The zero-order valence-corrected chi connectivity index (χ0v) is 10.1. The third-order valence-electron chi connectivity index (χ3n) is 2.23. The van der Waals surface area contributed by atoms with Crippen LogP contribution in [0.25, 0.3) is 6.08 Å². The number of anilines is 1. The lowest BCUT2D eigenvalue weighted by Gasteiger charge is -2.18. The molecule has 2 N–H and O–H groups in total. The van der Waals surface area contributed by atoms with E-state index in [1.807, 2.05) is 0 Å². The average Bonchev–Trinajstić information content (AvgIpc) is 2.36. The molecule has 0 heterocycles. The van der Waals surface area contributed by atoms with Gasteiger partial charge in [-0.25, -0.2) is 4.79 Å². The van der Waals surface area contributed by atoms with Crippen LogP contribution in [0.2, 0.25) is 0 Å². The number of aliphatic carboxylic acids is 1. The van der Waals surface area contributed by atoms with Crippen LogP contribution in [0.15, 0.2) is 30.3 Å². The van der Waals surface area contributed by atoms with Crippen LogP contribution in [0.5, 0.6) is 0 Å². The van der Waals surface area contributed by atoms with Gasteiger partial charge in [0.15, 0.2) is 0 Å². The quantitative estimate of drug-likeness (QED) is 0.664. The van der Waals surface area contributed by atoms with E-state index in [1.54, 1.807) is 0 Å². The second-order valence-electron chi connectivity index (χ2n) is 3.82. The van der Waals surface area contributed by atoms with E-state index >= 15 is 0 Å². The van der Waals surface area contributed by atoms with Crippen molar-refractivity contribution in [2.24, 2.45) is 0 Å². The molecule has 4 nitrogen and oxygen atoms in total. The molecule has 0 radical (unpaired) electrons. The van der Waals surface area contributed by atoms with Crippen molar-refractivity contribution in [1.82, 2.24) is 0 Å². The maximum Gasteiger partial charge on any atom is 0.463 e. The largest absolute Gasteiger partial charge is 0.478 e. The Bertz CT molecular complexity index is 563. The smallest absolute Gasteiger partial charge is 0.463 e. The molecule has 21 heavy (non-hydrogen) atoms. The van der Waals surface area contributed by atoms with E-state index in [1.165, 1.54) is 23.5 Å². The lowest BCUT2D eigenvalue weighted by Crippen LogP contribution is -2.47. The van der Waals surface area contributed by atoms with Gasteiger partial charge in [-0.05, 0) is 23.8 Å². The lowest BCUT2D eigenvalue weighted by atomic mass is 10.2. The summed E-state index contributed by atoms with van der Waals surface area (Å²) in [6.07, 6.45) is -4.00. The number of alkyl halides is 5. The predicted molar refractivity (Wildman–Crippen MR) is 62.7 cm³/mol. The molecule has 0 bridgehead atoms. The van der Waals surface area contributed by atoms with Crippen molar-refractivity contribution in [2.75, 3.05) is 5.32 Å². The molecule has 0 fully saturated rings. The molecule has 0 aliphatic rings. The van der Waals surface area contributed by atoms with Crippen molar-refractivity contribution >= 4 is 23.6 Å². The second kappa shape index (κ2) is 5.90. The van der Waals surface area contributed by atoms with Crippen LogP contribution in [-0.4, -0.2) is 29.1 Å². The molecule has 0 spiro atoms. The minimum atomic E-state index is -5.98. The predicted octanol–water partition coefficient (Wildman–Crippen LogP) is 2.92. The van der Waals surface area contributed by atoms with E-state index in [0.29, 0.717) is 5.56 Å². The highest BCUT2D eigenvalue weighted by Crippen LogP contribution is 2.36. The minimum Gasteiger partial charge on any atom is -0.478 e. The molecule has 0 aliphatic carbocycles. The Morgan fingerprint density at radius 1 is 1.05 bits per heavy atom. The standard InChI is InChI=1S/C12H8F5NO3/c13-11(14,12(15,16)17)10(21)18-8-4-1-7(2-5-8)3-6-9(19)20/h1-6H,(H,18,21)(H,19,20)/b6-3+. The Labute approximate surface area is 114 Å². The number of amides is 1. The van der Waals surface area contributed by atoms with Gasteiger partial charge in [-0.2, -0.15) is 22.0 Å². The number of nitrogens with one attached hydrogen (secondary N) is 1. The zero-order valence-electron chi connectivity index (χ0n) is 10.1. The summed E-state index contributed by atoms with van der Waals surface area (Å²) in [5.41, 5.74) is 0.0781. The summed E-state index contributed by atoms with van der Waals surface area (Å²) in [5, 5.41) is 9.81. The van der Waals surface area contributed by atoms with Gasteiger partial charge in [0.25, 0.3) is 0 Å². The molecule has 1 aromatic carbocycles. The highest BCUT2D eigenvalue weighted by molar-refractivity contribution is 5.96. The third kappa shape index (κ3) is 4.26. The summed E-state index contributed by atoms with van der Waals surface area (Å²) in [7, 11) is 0. The Hall–Kier alpha value is -2.45. The Morgan fingerprint density at radius 3 is 2.00 bits per heavy atom. The molecule has 0 saturated carbocycles. The van der Waals surface area contributed by atoms with Crippen LogP contribution in [0.4, 0.5) is 27.6 Å². The fourth-order valence-electron chi connectivity index (χ4n) is 1.18. The summed E-state index contributed by atoms with van der Waals surface area (Å²) in [6, 6.07) is 4.60. The first kappa shape index (κ1) is 16.6. The third-order valence-corrected chi connectivity index (χ3v) is 2.23. The first-order valence-electron chi connectivity index (χ1n) is 5.31. The fraction of sp³-hybridized carbons (Fsp3) is 0.167. The number of hydrogen-bond donors (Lipinski definition) is 2. The van der Waals surface area contributed by atoms with Gasteiger partial charge in [-0.1, -0.05) is 12.1 Å². The summed E-state index contributed by atoms with van der Waals surface area (Å²) < 4.78 is 61.2. The lowest BCUT2D eigenvalue weighted by molar-refractivity contribution is -0.267. The van der Waals surface area contributed by atoms with Gasteiger partial charge >= 0.3 is 24.0 Å². The summed E-state index contributed by atoms with van der Waals surface area (Å²) in [6.45, 7) is 0.